The van der Waals surface area contributed by atoms with Gasteiger partial charge in [-0.2, -0.15) is 0 Å². The molecule has 0 unspecified atom stereocenters. The third-order valence-electron chi connectivity index (χ3n) is 3.75. The topological polar surface area (TPSA) is 65.1 Å². The average Bonchev–Trinajstić information content (AvgIpc) is 3.11. The van der Waals surface area contributed by atoms with Gasteiger partial charge in [0.05, 0.1) is 5.69 Å². The molecule has 3 rings (SSSR count). The van der Waals surface area contributed by atoms with Crippen LogP contribution in [-0.2, 0) is 18.3 Å². The summed E-state index contributed by atoms with van der Waals surface area (Å²) in [5.41, 5.74) is 0.926. The zero-order valence-corrected chi connectivity index (χ0v) is 11.7. The maximum absolute atomic E-state index is 5.95. The Morgan fingerprint density at radius 3 is 3.15 bits per heavy atom. The summed E-state index contributed by atoms with van der Waals surface area (Å²) in [6.07, 6.45) is 9.26. The van der Waals surface area contributed by atoms with Gasteiger partial charge < -0.3 is 19.0 Å². The van der Waals surface area contributed by atoms with Crippen LogP contribution in [0.1, 0.15) is 30.5 Å². The van der Waals surface area contributed by atoms with E-state index in [1.165, 1.54) is 6.39 Å². The normalized spacial score (nSPS) is 23.1. The molecule has 0 amide bonds. The lowest BCUT2D eigenvalue weighted by Gasteiger charge is -2.31. The molecule has 1 aliphatic heterocycles. The van der Waals surface area contributed by atoms with Crippen LogP contribution in [0.2, 0.25) is 0 Å². The summed E-state index contributed by atoms with van der Waals surface area (Å²) in [6.45, 7) is 2.43. The number of rotatable bonds is 5. The van der Waals surface area contributed by atoms with Crippen LogP contribution in [0.25, 0.3) is 0 Å². The fourth-order valence-corrected chi connectivity index (χ4v) is 2.70. The maximum Gasteiger partial charge on any atom is 0.180 e. The van der Waals surface area contributed by atoms with Crippen molar-refractivity contribution < 1.29 is 9.15 Å². The largest absolute Gasteiger partial charge is 0.451 e. The maximum atomic E-state index is 5.95. The Kier molecular flexibility index (Phi) is 4.13. The molecular weight excluding hydrogens is 256 g/mol. The SMILES string of the molecule is Cn1ccnc1[C@@H]1OCCC[C@H]1CNCc1cocn1. The Morgan fingerprint density at radius 1 is 1.45 bits per heavy atom. The second kappa shape index (κ2) is 6.19. The second-order valence-electron chi connectivity index (χ2n) is 5.20. The van der Waals surface area contributed by atoms with Crippen LogP contribution in [-0.4, -0.2) is 27.7 Å². The number of ether oxygens (including phenoxy) is 1. The first-order valence-electron chi connectivity index (χ1n) is 7.01. The van der Waals surface area contributed by atoms with E-state index in [0.717, 1.165) is 44.1 Å². The summed E-state index contributed by atoms with van der Waals surface area (Å²) < 4.78 is 13.0. The van der Waals surface area contributed by atoms with Gasteiger partial charge in [0.2, 0.25) is 0 Å². The zero-order valence-electron chi connectivity index (χ0n) is 11.7. The molecule has 0 aliphatic carbocycles. The summed E-state index contributed by atoms with van der Waals surface area (Å²) >= 11 is 0. The minimum absolute atomic E-state index is 0.0774. The first kappa shape index (κ1) is 13.3. The fraction of sp³-hybridized carbons (Fsp3) is 0.571. The van der Waals surface area contributed by atoms with Crippen molar-refractivity contribution in [2.45, 2.75) is 25.5 Å². The van der Waals surface area contributed by atoms with E-state index < -0.39 is 0 Å². The van der Waals surface area contributed by atoms with Crippen LogP contribution < -0.4 is 5.32 Å². The highest BCUT2D eigenvalue weighted by Gasteiger charge is 2.29. The van der Waals surface area contributed by atoms with Crippen LogP contribution in [0.5, 0.6) is 0 Å². The van der Waals surface area contributed by atoms with Crippen LogP contribution in [0.4, 0.5) is 0 Å². The van der Waals surface area contributed by atoms with E-state index in [2.05, 4.69) is 15.3 Å². The molecule has 6 heteroatoms. The van der Waals surface area contributed by atoms with Gasteiger partial charge >= 0.3 is 0 Å². The number of hydrogen-bond acceptors (Lipinski definition) is 5. The number of nitrogens with zero attached hydrogens (tertiary/aromatic N) is 3. The third-order valence-corrected chi connectivity index (χ3v) is 3.75. The molecule has 2 atom stereocenters. The summed E-state index contributed by atoms with van der Waals surface area (Å²) in [4.78, 5) is 8.54. The Morgan fingerprint density at radius 2 is 2.40 bits per heavy atom. The second-order valence-corrected chi connectivity index (χ2v) is 5.20. The zero-order chi connectivity index (χ0) is 13.8. The fourth-order valence-electron chi connectivity index (χ4n) is 2.70. The predicted molar refractivity (Wildman–Crippen MR) is 72.8 cm³/mol. The van der Waals surface area contributed by atoms with Gasteiger partial charge in [0, 0.05) is 45.1 Å². The molecule has 1 fully saturated rings. The summed E-state index contributed by atoms with van der Waals surface area (Å²) in [6, 6.07) is 0. The Balaban J connectivity index is 1.59. The van der Waals surface area contributed by atoms with Gasteiger partial charge in [0.1, 0.15) is 18.2 Å². The first-order valence-corrected chi connectivity index (χ1v) is 7.01. The van der Waals surface area contributed by atoms with Crippen molar-refractivity contribution in [2.75, 3.05) is 13.2 Å². The smallest absolute Gasteiger partial charge is 0.180 e. The Bertz CT molecular complexity index is 523. The average molecular weight is 276 g/mol. The van der Waals surface area contributed by atoms with Gasteiger partial charge in [-0.05, 0) is 12.8 Å². The number of nitrogens with one attached hydrogen (secondary N) is 1. The van der Waals surface area contributed by atoms with Crippen LogP contribution in [0, 0.1) is 5.92 Å². The molecule has 0 spiro atoms. The van der Waals surface area contributed by atoms with E-state index in [1.807, 2.05) is 24.0 Å². The lowest BCUT2D eigenvalue weighted by molar-refractivity contribution is -0.0344. The molecule has 1 N–H and O–H groups in total. The molecule has 0 aromatic carbocycles. The van der Waals surface area contributed by atoms with E-state index in [0.29, 0.717) is 5.92 Å². The number of aromatic nitrogens is 3. The van der Waals surface area contributed by atoms with Gasteiger partial charge in [-0.25, -0.2) is 9.97 Å². The van der Waals surface area contributed by atoms with Gasteiger partial charge in [0.15, 0.2) is 6.39 Å². The molecular formula is C14H20N4O2. The highest BCUT2D eigenvalue weighted by Crippen LogP contribution is 2.32. The van der Waals surface area contributed by atoms with Gasteiger partial charge in [0.25, 0.3) is 0 Å². The number of hydrogen-bond donors (Lipinski definition) is 1. The molecule has 108 valence electrons. The van der Waals surface area contributed by atoms with E-state index in [4.69, 9.17) is 9.15 Å². The van der Waals surface area contributed by atoms with Crippen LogP contribution in [0.15, 0.2) is 29.5 Å². The monoisotopic (exact) mass is 276 g/mol. The lowest BCUT2D eigenvalue weighted by atomic mass is 9.93. The molecule has 0 radical (unpaired) electrons. The van der Waals surface area contributed by atoms with Crippen LogP contribution >= 0.6 is 0 Å². The molecule has 0 saturated carbocycles. The predicted octanol–water partition coefficient (Wildman–Crippen LogP) is 1.67. The standard InChI is InChI=1S/C14H20N4O2/c1-18-5-4-16-14(18)13-11(3-2-6-20-13)7-15-8-12-9-19-10-17-12/h4-5,9-11,13,15H,2-3,6-8H2,1H3/t11-,13+/m0/s1. The number of aryl methyl sites for hydroxylation is 1. The minimum atomic E-state index is 0.0774. The molecule has 2 aromatic rings. The van der Waals surface area contributed by atoms with Gasteiger partial charge in [-0.15, -0.1) is 0 Å². The quantitative estimate of drug-likeness (QED) is 0.900. The summed E-state index contributed by atoms with van der Waals surface area (Å²) in [7, 11) is 2.01. The van der Waals surface area contributed by atoms with E-state index in [1.54, 1.807) is 6.26 Å². The molecule has 6 nitrogen and oxygen atoms in total. The third kappa shape index (κ3) is 2.91. The Labute approximate surface area is 118 Å². The van der Waals surface area contributed by atoms with E-state index in [-0.39, 0.29) is 6.10 Å². The van der Waals surface area contributed by atoms with Crippen molar-refractivity contribution >= 4 is 0 Å². The van der Waals surface area contributed by atoms with Crippen LogP contribution in [0.3, 0.4) is 0 Å². The molecule has 2 aromatic heterocycles. The van der Waals surface area contributed by atoms with E-state index >= 15 is 0 Å². The van der Waals surface area contributed by atoms with E-state index in [9.17, 15) is 0 Å². The van der Waals surface area contributed by atoms with Crippen molar-refractivity contribution in [3.05, 3.63) is 36.6 Å². The lowest BCUT2D eigenvalue weighted by Crippen LogP contribution is -2.33. The number of imidazole rings is 1. The number of oxazole rings is 1. The highest BCUT2D eigenvalue weighted by atomic mass is 16.5. The first-order chi connectivity index (χ1) is 9.84. The molecule has 3 heterocycles. The molecule has 20 heavy (non-hydrogen) atoms. The van der Waals surface area contributed by atoms with Crippen molar-refractivity contribution in [2.24, 2.45) is 13.0 Å². The van der Waals surface area contributed by atoms with Crippen molar-refractivity contribution in [1.82, 2.24) is 19.9 Å². The molecule has 0 bridgehead atoms. The molecule has 1 saturated heterocycles. The molecule has 1 aliphatic rings. The minimum Gasteiger partial charge on any atom is -0.451 e. The van der Waals surface area contributed by atoms with Gasteiger partial charge in [-0.3, -0.25) is 0 Å². The Hall–Kier alpha value is -1.66. The van der Waals surface area contributed by atoms with Crippen molar-refractivity contribution in [3.63, 3.8) is 0 Å². The van der Waals surface area contributed by atoms with Gasteiger partial charge in [-0.1, -0.05) is 0 Å². The summed E-state index contributed by atoms with van der Waals surface area (Å²) in [5, 5.41) is 3.43. The summed E-state index contributed by atoms with van der Waals surface area (Å²) in [5.74, 6) is 1.45. The highest BCUT2D eigenvalue weighted by molar-refractivity contribution is 5.00. The van der Waals surface area contributed by atoms with Crippen molar-refractivity contribution in [1.29, 1.82) is 0 Å². The van der Waals surface area contributed by atoms with Crippen molar-refractivity contribution in [3.8, 4) is 0 Å².